The van der Waals surface area contributed by atoms with Crippen molar-refractivity contribution in [3.63, 3.8) is 0 Å². The topological polar surface area (TPSA) is 50.8 Å². The first kappa shape index (κ1) is 24.1. The molecule has 1 saturated heterocycles. The fourth-order valence-corrected chi connectivity index (χ4v) is 5.05. The van der Waals surface area contributed by atoms with Crippen molar-refractivity contribution in [1.82, 2.24) is 4.90 Å². The van der Waals surface area contributed by atoms with E-state index < -0.39 is 5.60 Å². The number of hydrogen-bond acceptors (Lipinski definition) is 4. The number of amides is 1. The van der Waals surface area contributed by atoms with E-state index in [4.69, 9.17) is 9.47 Å². The smallest absolute Gasteiger partial charge is 0.256 e. The lowest BCUT2D eigenvalue weighted by molar-refractivity contribution is -0.148. The van der Waals surface area contributed by atoms with E-state index in [0.717, 1.165) is 62.6 Å². The summed E-state index contributed by atoms with van der Waals surface area (Å²) in [7, 11) is 0. The molecule has 3 rings (SSSR count). The third-order valence-electron chi connectivity index (χ3n) is 6.69. The second-order valence-electron chi connectivity index (χ2n) is 9.77. The monoisotopic (exact) mass is 430 g/mol. The third-order valence-corrected chi connectivity index (χ3v) is 6.69. The number of piperidine rings is 1. The Labute approximate surface area is 188 Å². The van der Waals surface area contributed by atoms with Gasteiger partial charge in [-0.1, -0.05) is 27.2 Å². The lowest BCUT2D eigenvalue weighted by atomic mass is 9.78. The van der Waals surface area contributed by atoms with Crippen LogP contribution in [0.4, 0.5) is 5.69 Å². The Balaban J connectivity index is 1.46. The summed E-state index contributed by atoms with van der Waals surface area (Å²) in [6.07, 6.45) is 8.47. The Morgan fingerprint density at radius 2 is 1.90 bits per heavy atom. The number of hydrogen-bond donors (Lipinski definition) is 1. The minimum absolute atomic E-state index is 0.00284. The molecule has 1 N–H and O–H groups in total. The molecule has 1 aliphatic carbocycles. The third kappa shape index (κ3) is 7.21. The molecule has 0 bridgehead atoms. The number of benzene rings is 1. The van der Waals surface area contributed by atoms with E-state index in [9.17, 15) is 4.79 Å². The zero-order valence-corrected chi connectivity index (χ0v) is 19.8. The molecule has 0 aromatic heterocycles. The lowest BCUT2D eigenvalue weighted by Gasteiger charge is -2.38. The van der Waals surface area contributed by atoms with Gasteiger partial charge in [0.1, 0.15) is 11.4 Å². The predicted octanol–water partition coefficient (Wildman–Crippen LogP) is 5.50. The number of nitrogens with zero attached hydrogens (tertiary/aromatic N) is 1. The highest BCUT2D eigenvalue weighted by Gasteiger charge is 2.42. The Morgan fingerprint density at radius 3 is 2.61 bits per heavy atom. The molecule has 5 nitrogen and oxygen atoms in total. The molecule has 0 radical (unpaired) electrons. The van der Waals surface area contributed by atoms with Gasteiger partial charge >= 0.3 is 0 Å². The number of ether oxygens (including phenoxy) is 2. The number of anilines is 1. The van der Waals surface area contributed by atoms with Crippen molar-refractivity contribution in [3.05, 3.63) is 24.3 Å². The van der Waals surface area contributed by atoms with Crippen molar-refractivity contribution in [2.24, 2.45) is 11.8 Å². The molecular weight excluding hydrogens is 388 g/mol. The summed E-state index contributed by atoms with van der Waals surface area (Å²) in [4.78, 5) is 15.7. The molecular formula is C26H42N2O3. The average molecular weight is 431 g/mol. The van der Waals surface area contributed by atoms with Crippen LogP contribution < -0.4 is 10.1 Å². The first-order valence-corrected chi connectivity index (χ1v) is 12.4. The predicted molar refractivity (Wildman–Crippen MR) is 127 cm³/mol. The van der Waals surface area contributed by atoms with Gasteiger partial charge in [0.2, 0.25) is 0 Å². The Morgan fingerprint density at radius 1 is 1.13 bits per heavy atom. The maximum Gasteiger partial charge on any atom is 0.256 e. The summed E-state index contributed by atoms with van der Waals surface area (Å²) in [5, 5.41) is 3.10. The highest BCUT2D eigenvalue weighted by atomic mass is 16.5. The minimum atomic E-state index is -0.686. The van der Waals surface area contributed by atoms with Crippen LogP contribution in [0.1, 0.15) is 72.1 Å². The molecule has 0 spiro atoms. The number of carbonyl (C=O) groups excluding carboxylic acids is 1. The average Bonchev–Trinajstić information content (AvgIpc) is 2.76. The summed E-state index contributed by atoms with van der Waals surface area (Å²) in [6.45, 7) is 11.5. The summed E-state index contributed by atoms with van der Waals surface area (Å²) >= 11 is 0. The second kappa shape index (κ2) is 11.9. The Kier molecular flexibility index (Phi) is 9.21. The molecule has 1 aliphatic heterocycles. The van der Waals surface area contributed by atoms with Gasteiger partial charge in [0, 0.05) is 25.4 Å². The number of carbonyl (C=O) groups is 1. The minimum Gasteiger partial charge on any atom is -0.494 e. The molecule has 174 valence electrons. The molecule has 5 heteroatoms. The maximum atomic E-state index is 13.1. The number of rotatable bonds is 10. The number of nitrogens with one attached hydrogen (secondary N) is 1. The van der Waals surface area contributed by atoms with Crippen molar-refractivity contribution in [1.29, 1.82) is 0 Å². The van der Waals surface area contributed by atoms with Crippen molar-refractivity contribution < 1.29 is 14.3 Å². The normalized spacial score (nSPS) is 27.1. The van der Waals surface area contributed by atoms with Gasteiger partial charge in [0.25, 0.3) is 5.91 Å². The van der Waals surface area contributed by atoms with Crippen LogP contribution in [-0.2, 0) is 9.53 Å². The van der Waals surface area contributed by atoms with E-state index >= 15 is 0 Å². The molecule has 3 unspecified atom stereocenters. The van der Waals surface area contributed by atoms with Crippen LogP contribution in [0.2, 0.25) is 0 Å². The van der Waals surface area contributed by atoms with Crippen LogP contribution in [0.3, 0.4) is 0 Å². The Bertz CT molecular complexity index is 678. The summed E-state index contributed by atoms with van der Waals surface area (Å²) in [5.74, 6) is 2.19. The van der Waals surface area contributed by atoms with Gasteiger partial charge in [-0.25, -0.2) is 0 Å². The summed E-state index contributed by atoms with van der Waals surface area (Å²) < 4.78 is 12.1. The van der Waals surface area contributed by atoms with Crippen molar-refractivity contribution in [2.45, 2.75) is 77.7 Å². The summed E-state index contributed by atoms with van der Waals surface area (Å²) in [5.41, 5.74) is 0.117. The van der Waals surface area contributed by atoms with Crippen LogP contribution >= 0.6 is 0 Å². The molecule has 1 saturated carbocycles. The molecule has 1 aromatic rings. The van der Waals surface area contributed by atoms with Gasteiger partial charge in [-0.05, 0) is 87.6 Å². The molecule has 2 aliphatic rings. The molecule has 3 atom stereocenters. The maximum absolute atomic E-state index is 13.1. The molecule has 31 heavy (non-hydrogen) atoms. The van der Waals surface area contributed by atoms with Gasteiger partial charge in [-0.2, -0.15) is 0 Å². The summed E-state index contributed by atoms with van der Waals surface area (Å²) in [6, 6.07) is 7.75. The van der Waals surface area contributed by atoms with Crippen molar-refractivity contribution in [2.75, 3.05) is 38.2 Å². The van der Waals surface area contributed by atoms with E-state index in [1.807, 2.05) is 24.3 Å². The highest BCUT2D eigenvalue weighted by molar-refractivity contribution is 5.97. The van der Waals surface area contributed by atoms with Gasteiger partial charge in [0.15, 0.2) is 0 Å². The van der Waals surface area contributed by atoms with Crippen LogP contribution in [0, 0.1) is 11.8 Å². The van der Waals surface area contributed by atoms with E-state index in [-0.39, 0.29) is 5.91 Å². The van der Waals surface area contributed by atoms with Crippen LogP contribution in [0.25, 0.3) is 0 Å². The van der Waals surface area contributed by atoms with E-state index in [0.29, 0.717) is 12.5 Å². The molecule has 1 heterocycles. The largest absolute Gasteiger partial charge is 0.494 e. The number of likely N-dealkylation sites (tertiary alicyclic amines) is 1. The second-order valence-corrected chi connectivity index (χ2v) is 9.77. The fraction of sp³-hybridized carbons (Fsp3) is 0.731. The van der Waals surface area contributed by atoms with Crippen LogP contribution in [0.15, 0.2) is 24.3 Å². The lowest BCUT2D eigenvalue weighted by Crippen LogP contribution is -2.48. The van der Waals surface area contributed by atoms with Gasteiger partial charge in [-0.15, -0.1) is 0 Å². The molecule has 1 aromatic carbocycles. The first-order chi connectivity index (χ1) is 15.0. The zero-order chi connectivity index (χ0) is 22.1. The van der Waals surface area contributed by atoms with Crippen LogP contribution in [-0.4, -0.2) is 49.3 Å². The van der Waals surface area contributed by atoms with E-state index in [1.54, 1.807) is 0 Å². The van der Waals surface area contributed by atoms with Gasteiger partial charge in [0.05, 0.1) is 6.61 Å². The zero-order valence-electron chi connectivity index (χ0n) is 19.8. The van der Waals surface area contributed by atoms with Gasteiger partial charge < -0.3 is 19.7 Å². The molecule has 2 fully saturated rings. The van der Waals surface area contributed by atoms with E-state index in [1.165, 1.54) is 32.4 Å². The highest BCUT2D eigenvalue weighted by Crippen LogP contribution is 2.36. The van der Waals surface area contributed by atoms with Crippen molar-refractivity contribution in [3.8, 4) is 5.75 Å². The van der Waals surface area contributed by atoms with Gasteiger partial charge in [-0.3, -0.25) is 4.79 Å². The van der Waals surface area contributed by atoms with Crippen molar-refractivity contribution >= 4 is 11.6 Å². The quantitative estimate of drug-likeness (QED) is 0.498. The first-order valence-electron chi connectivity index (χ1n) is 12.4. The Hall–Kier alpha value is -1.59. The van der Waals surface area contributed by atoms with Crippen LogP contribution in [0.5, 0.6) is 5.75 Å². The standard InChI is InChI=1S/C26H42N2O3/c1-4-17-31-26(14-5-8-21(2)19-26)25(29)27-23-10-12-24(13-11-23)30-18-7-16-28-15-6-9-22(3)20-28/h10-13,21-22H,4-9,14-20H2,1-3H3,(H,27,29). The SMILES string of the molecule is CCCOC1(C(=O)Nc2ccc(OCCCN3CCCC(C)C3)cc2)CCCC(C)C1. The van der Waals surface area contributed by atoms with E-state index in [2.05, 4.69) is 31.0 Å². The fourth-order valence-electron chi connectivity index (χ4n) is 5.05. The molecule has 1 amide bonds.